The summed E-state index contributed by atoms with van der Waals surface area (Å²) in [4.78, 5) is 53.8. The smallest absolute Gasteiger partial charge is 0.328 e. The number of hydrogen-bond acceptors (Lipinski definition) is 5. The number of nitrogens with one attached hydrogen (secondary N) is 1. The van der Waals surface area contributed by atoms with E-state index in [9.17, 15) is 19.2 Å². The number of carbonyl (C=O) groups excluding carboxylic acids is 2. The van der Waals surface area contributed by atoms with Gasteiger partial charge >= 0.3 is 5.69 Å². The molecule has 0 bridgehead atoms. The number of carbonyl (C=O) groups is 2. The number of piperidine rings is 1. The second-order valence-electron chi connectivity index (χ2n) is 7.93. The first kappa shape index (κ1) is 21.5. The Morgan fingerprint density at radius 1 is 1.03 bits per heavy atom. The Kier molecular flexibility index (Phi) is 6.20. The van der Waals surface area contributed by atoms with Gasteiger partial charge in [0.1, 0.15) is 5.75 Å². The number of H-pyrrole nitrogens is 1. The van der Waals surface area contributed by atoms with Crippen LogP contribution in [0, 0.1) is 5.92 Å². The van der Waals surface area contributed by atoms with Crippen molar-refractivity contribution in [1.29, 1.82) is 0 Å². The van der Waals surface area contributed by atoms with Crippen molar-refractivity contribution in [3.05, 3.63) is 74.9 Å². The quantitative estimate of drug-likeness (QED) is 0.598. The van der Waals surface area contributed by atoms with E-state index in [4.69, 9.17) is 4.74 Å². The minimum Gasteiger partial charge on any atom is -0.497 e. The van der Waals surface area contributed by atoms with Crippen LogP contribution in [0.3, 0.4) is 0 Å². The molecule has 0 unspecified atom stereocenters. The fourth-order valence-electron chi connectivity index (χ4n) is 4.21. The van der Waals surface area contributed by atoms with Crippen LogP contribution in [0.4, 0.5) is 0 Å². The van der Waals surface area contributed by atoms with Crippen molar-refractivity contribution in [3.8, 4) is 5.75 Å². The third-order valence-electron chi connectivity index (χ3n) is 6.05. The summed E-state index contributed by atoms with van der Waals surface area (Å²) in [6.45, 7) is 1.19. The van der Waals surface area contributed by atoms with Gasteiger partial charge in [-0.15, -0.1) is 0 Å². The van der Waals surface area contributed by atoms with E-state index >= 15 is 0 Å². The molecule has 2 heterocycles. The number of ketones is 1. The highest BCUT2D eigenvalue weighted by Crippen LogP contribution is 2.23. The summed E-state index contributed by atoms with van der Waals surface area (Å²) >= 11 is 0. The van der Waals surface area contributed by atoms with E-state index in [1.807, 2.05) is 0 Å². The molecule has 0 spiro atoms. The molecule has 3 aromatic rings. The van der Waals surface area contributed by atoms with Gasteiger partial charge in [0, 0.05) is 37.5 Å². The van der Waals surface area contributed by atoms with E-state index in [0.29, 0.717) is 48.1 Å². The number of benzene rings is 2. The molecule has 0 saturated carbocycles. The lowest BCUT2D eigenvalue weighted by molar-refractivity contribution is -0.132. The van der Waals surface area contributed by atoms with Gasteiger partial charge in [-0.3, -0.25) is 23.9 Å². The zero-order valence-electron chi connectivity index (χ0n) is 17.9. The van der Waals surface area contributed by atoms with Crippen LogP contribution in [0.5, 0.6) is 5.75 Å². The molecule has 1 N–H and O–H groups in total. The van der Waals surface area contributed by atoms with Crippen LogP contribution in [-0.4, -0.2) is 46.3 Å². The predicted octanol–water partition coefficient (Wildman–Crippen LogP) is 2.21. The molecule has 32 heavy (non-hydrogen) atoms. The summed E-state index contributed by atoms with van der Waals surface area (Å²) in [7, 11) is 1.58. The molecule has 8 heteroatoms. The average molecular weight is 435 g/mol. The van der Waals surface area contributed by atoms with Gasteiger partial charge in [-0.1, -0.05) is 12.1 Å². The molecule has 1 fully saturated rings. The van der Waals surface area contributed by atoms with E-state index in [1.54, 1.807) is 60.5 Å². The summed E-state index contributed by atoms with van der Waals surface area (Å²) < 4.78 is 6.56. The fraction of sp³-hybridized carbons (Fsp3) is 0.333. The molecule has 0 aliphatic carbocycles. The number of aromatic nitrogens is 2. The Labute approximate surface area is 184 Å². The number of fused-ring (bicyclic) bond motifs is 1. The van der Waals surface area contributed by atoms with Crippen LogP contribution in [0.1, 0.15) is 29.6 Å². The van der Waals surface area contributed by atoms with Crippen molar-refractivity contribution >= 4 is 22.6 Å². The maximum atomic E-state index is 12.8. The van der Waals surface area contributed by atoms with Crippen LogP contribution in [0.15, 0.2) is 58.1 Å². The number of amides is 1. The van der Waals surface area contributed by atoms with Crippen molar-refractivity contribution in [3.63, 3.8) is 0 Å². The van der Waals surface area contributed by atoms with E-state index < -0.39 is 11.2 Å². The number of hydrogen-bond donors (Lipinski definition) is 1. The Morgan fingerprint density at radius 2 is 1.72 bits per heavy atom. The molecule has 0 atom stereocenters. The third kappa shape index (κ3) is 4.34. The van der Waals surface area contributed by atoms with Crippen LogP contribution < -0.4 is 16.0 Å². The largest absolute Gasteiger partial charge is 0.497 e. The SMILES string of the molecule is COc1ccc(C(=O)C2CCN(C(=O)CCn3c(=O)[nH]c(=O)c4ccccc43)CC2)cc1. The average Bonchev–Trinajstić information content (AvgIpc) is 2.83. The normalized spacial score (nSPS) is 14.5. The van der Waals surface area contributed by atoms with Gasteiger partial charge in [0.2, 0.25) is 5.91 Å². The standard InChI is InChI=1S/C24H25N3O5/c1-32-18-8-6-16(7-9-18)22(29)17-10-13-26(14-11-17)21(28)12-15-27-20-5-3-2-4-19(20)23(30)25-24(27)31/h2-9,17H,10-15H2,1H3,(H,25,30,31). The fourth-order valence-corrected chi connectivity index (χ4v) is 4.21. The number of ether oxygens (including phenoxy) is 1. The Bertz CT molecular complexity index is 1250. The maximum absolute atomic E-state index is 12.8. The van der Waals surface area contributed by atoms with E-state index in [2.05, 4.69) is 4.98 Å². The van der Waals surface area contributed by atoms with E-state index in [-0.39, 0.29) is 30.6 Å². The van der Waals surface area contributed by atoms with E-state index in [1.165, 1.54) is 4.57 Å². The Morgan fingerprint density at radius 3 is 2.41 bits per heavy atom. The molecular weight excluding hydrogens is 410 g/mol. The topological polar surface area (TPSA) is 101 Å². The second-order valence-corrected chi connectivity index (χ2v) is 7.93. The molecular formula is C24H25N3O5. The summed E-state index contributed by atoms with van der Waals surface area (Å²) in [6.07, 6.45) is 1.36. The molecule has 0 radical (unpaired) electrons. The van der Waals surface area contributed by atoms with Crippen molar-refractivity contribution < 1.29 is 14.3 Å². The van der Waals surface area contributed by atoms with Gasteiger partial charge < -0.3 is 9.64 Å². The number of nitrogens with zero attached hydrogens (tertiary/aromatic N) is 2. The highest BCUT2D eigenvalue weighted by molar-refractivity contribution is 5.98. The van der Waals surface area contributed by atoms with Gasteiger partial charge in [0.25, 0.3) is 5.56 Å². The highest BCUT2D eigenvalue weighted by Gasteiger charge is 2.28. The predicted molar refractivity (Wildman–Crippen MR) is 120 cm³/mol. The molecule has 1 aromatic heterocycles. The van der Waals surface area contributed by atoms with E-state index in [0.717, 1.165) is 0 Å². The highest BCUT2D eigenvalue weighted by atomic mass is 16.5. The first-order valence-electron chi connectivity index (χ1n) is 10.7. The minimum absolute atomic E-state index is 0.0671. The van der Waals surface area contributed by atoms with Crippen molar-refractivity contribution in [1.82, 2.24) is 14.5 Å². The molecule has 1 saturated heterocycles. The summed E-state index contributed by atoms with van der Waals surface area (Å²) in [5, 5.41) is 0.414. The monoisotopic (exact) mass is 435 g/mol. The van der Waals surface area contributed by atoms with Gasteiger partial charge in [-0.05, 0) is 49.2 Å². The Balaban J connectivity index is 1.36. The first-order chi connectivity index (χ1) is 15.5. The van der Waals surface area contributed by atoms with Crippen LogP contribution in [-0.2, 0) is 11.3 Å². The number of Topliss-reactive ketones (excluding diaryl/α,β-unsaturated/α-hetero) is 1. The summed E-state index contributed by atoms with van der Waals surface area (Å²) in [5.74, 6) is 0.614. The van der Waals surface area contributed by atoms with Gasteiger partial charge in [0.05, 0.1) is 18.0 Å². The summed E-state index contributed by atoms with van der Waals surface area (Å²) in [5.41, 5.74) is 0.208. The zero-order chi connectivity index (χ0) is 22.7. The van der Waals surface area contributed by atoms with Crippen LogP contribution in [0.25, 0.3) is 10.9 Å². The van der Waals surface area contributed by atoms with Gasteiger partial charge in [-0.25, -0.2) is 4.79 Å². The van der Waals surface area contributed by atoms with Crippen molar-refractivity contribution in [2.24, 2.45) is 5.92 Å². The number of para-hydroxylation sites is 1. The zero-order valence-corrected chi connectivity index (χ0v) is 17.9. The number of aromatic amines is 1. The van der Waals surface area contributed by atoms with Crippen LogP contribution in [0.2, 0.25) is 0 Å². The number of aryl methyl sites for hydroxylation is 1. The lowest BCUT2D eigenvalue weighted by Crippen LogP contribution is -2.41. The Hall–Kier alpha value is -3.68. The molecule has 8 nitrogen and oxygen atoms in total. The summed E-state index contributed by atoms with van der Waals surface area (Å²) in [6, 6.07) is 13.9. The number of likely N-dealkylation sites (tertiary alicyclic amines) is 1. The number of methoxy groups -OCH3 is 1. The second kappa shape index (κ2) is 9.21. The lowest BCUT2D eigenvalue weighted by Gasteiger charge is -2.31. The molecule has 1 aliphatic heterocycles. The molecule has 166 valence electrons. The van der Waals surface area contributed by atoms with Crippen molar-refractivity contribution in [2.45, 2.75) is 25.8 Å². The van der Waals surface area contributed by atoms with Gasteiger partial charge in [0.15, 0.2) is 5.78 Å². The molecule has 4 rings (SSSR count). The molecule has 1 amide bonds. The number of rotatable bonds is 6. The molecule has 2 aromatic carbocycles. The first-order valence-corrected chi connectivity index (χ1v) is 10.7. The molecule has 1 aliphatic rings. The third-order valence-corrected chi connectivity index (χ3v) is 6.05. The van der Waals surface area contributed by atoms with Crippen LogP contribution >= 0.6 is 0 Å². The lowest BCUT2D eigenvalue weighted by atomic mass is 9.89. The maximum Gasteiger partial charge on any atom is 0.328 e. The minimum atomic E-state index is -0.523. The van der Waals surface area contributed by atoms with Crippen molar-refractivity contribution in [2.75, 3.05) is 20.2 Å². The van der Waals surface area contributed by atoms with Gasteiger partial charge in [-0.2, -0.15) is 0 Å².